The predicted molar refractivity (Wildman–Crippen MR) is 52.0 cm³/mol. The van der Waals surface area contributed by atoms with Gasteiger partial charge in [-0.3, -0.25) is 0 Å². The molecule has 0 heterocycles. The first-order valence-electron chi connectivity index (χ1n) is 4.40. The van der Waals surface area contributed by atoms with Gasteiger partial charge in [-0.2, -0.15) is 18.2 Å². The minimum Gasteiger partial charge on any atom is -1.00 e. The van der Waals surface area contributed by atoms with Gasteiger partial charge in [0, 0.05) is 19.5 Å². The van der Waals surface area contributed by atoms with Crippen molar-refractivity contribution in [2.24, 2.45) is 0 Å². The molecule has 80 valence electrons. The quantitative estimate of drug-likeness (QED) is 0.394. The van der Waals surface area contributed by atoms with Crippen molar-refractivity contribution in [1.29, 1.82) is 0 Å². The first-order valence-corrected chi connectivity index (χ1v) is 4.40. The van der Waals surface area contributed by atoms with Crippen LogP contribution in [-0.4, -0.2) is 20.8 Å². The van der Waals surface area contributed by atoms with E-state index in [-0.39, 0.29) is 31.9 Å². The van der Waals surface area contributed by atoms with Crippen LogP contribution < -0.4 is 17.1 Å². The van der Waals surface area contributed by atoms with Gasteiger partial charge in [-0.15, -0.1) is 11.6 Å². The van der Waals surface area contributed by atoms with Gasteiger partial charge in [0.15, 0.2) is 0 Å². The van der Waals surface area contributed by atoms with Gasteiger partial charge >= 0.3 is 19.5 Å². The SMILES string of the molecule is COCCCc1c[c-]ccc1OC.[Cl-].[Zn+2]. The van der Waals surface area contributed by atoms with Crippen molar-refractivity contribution in [3.63, 3.8) is 0 Å². The van der Waals surface area contributed by atoms with Gasteiger partial charge in [-0.25, -0.2) is 0 Å². The van der Waals surface area contributed by atoms with E-state index in [1.807, 2.05) is 18.2 Å². The van der Waals surface area contributed by atoms with Crippen LogP contribution in [0.1, 0.15) is 12.0 Å². The molecule has 1 aromatic rings. The Morgan fingerprint density at radius 1 is 1.33 bits per heavy atom. The van der Waals surface area contributed by atoms with E-state index in [1.54, 1.807) is 14.2 Å². The summed E-state index contributed by atoms with van der Waals surface area (Å²) in [6, 6.07) is 8.80. The Labute approximate surface area is 111 Å². The normalized spacial score (nSPS) is 8.67. The summed E-state index contributed by atoms with van der Waals surface area (Å²) in [7, 11) is 3.41. The Balaban J connectivity index is 0. The van der Waals surface area contributed by atoms with Gasteiger partial charge in [0.2, 0.25) is 0 Å². The first kappa shape index (κ1) is 17.3. The van der Waals surface area contributed by atoms with Gasteiger partial charge in [0.1, 0.15) is 0 Å². The molecular formula is C11H15ClO2Zn. The standard InChI is InChI=1S/C11H15O2.ClH.Zn/c1-12-9-5-7-10-6-3-4-8-11(10)13-2;;/h4,6,8H,5,7,9H2,1-2H3;1H;/q-1;;+2/p-1. The number of methoxy groups -OCH3 is 2. The Kier molecular flexibility index (Phi) is 12.0. The van der Waals surface area contributed by atoms with Gasteiger partial charge in [0.25, 0.3) is 0 Å². The van der Waals surface area contributed by atoms with E-state index in [1.165, 1.54) is 5.56 Å². The number of benzene rings is 1. The topological polar surface area (TPSA) is 18.5 Å². The van der Waals surface area contributed by atoms with Crippen molar-refractivity contribution in [3.05, 3.63) is 29.8 Å². The molecule has 0 atom stereocenters. The number of halogens is 1. The van der Waals surface area contributed by atoms with E-state index in [0.29, 0.717) is 0 Å². The molecule has 0 saturated heterocycles. The van der Waals surface area contributed by atoms with E-state index >= 15 is 0 Å². The van der Waals surface area contributed by atoms with E-state index in [9.17, 15) is 0 Å². The zero-order valence-corrected chi connectivity index (χ0v) is 13.0. The number of hydrogen-bond acceptors (Lipinski definition) is 2. The summed E-state index contributed by atoms with van der Waals surface area (Å²) in [5.41, 5.74) is 1.20. The number of hydrogen-bond donors (Lipinski definition) is 0. The molecule has 0 fully saturated rings. The smallest absolute Gasteiger partial charge is 1.00 e. The van der Waals surface area contributed by atoms with Crippen molar-refractivity contribution in [3.8, 4) is 5.75 Å². The molecule has 0 N–H and O–H groups in total. The van der Waals surface area contributed by atoms with Gasteiger partial charge in [-0.05, 0) is 6.42 Å². The van der Waals surface area contributed by atoms with Crippen molar-refractivity contribution in [1.82, 2.24) is 0 Å². The maximum absolute atomic E-state index is 5.22. The van der Waals surface area contributed by atoms with Crippen LogP contribution in [0.15, 0.2) is 18.2 Å². The molecule has 4 heteroatoms. The molecule has 0 saturated carbocycles. The maximum atomic E-state index is 5.22. The number of rotatable bonds is 5. The summed E-state index contributed by atoms with van der Waals surface area (Å²) in [5, 5.41) is 0. The average molecular weight is 280 g/mol. The molecule has 15 heavy (non-hydrogen) atoms. The van der Waals surface area contributed by atoms with Crippen molar-refractivity contribution < 1.29 is 41.4 Å². The summed E-state index contributed by atoms with van der Waals surface area (Å²) >= 11 is 0. The van der Waals surface area contributed by atoms with E-state index in [2.05, 4.69) is 6.07 Å². The van der Waals surface area contributed by atoms with Crippen LogP contribution in [0.3, 0.4) is 0 Å². The van der Waals surface area contributed by atoms with Crippen LogP contribution in [0, 0.1) is 6.07 Å². The third-order valence-corrected chi connectivity index (χ3v) is 1.92. The minimum absolute atomic E-state index is 0. The van der Waals surface area contributed by atoms with Crippen LogP contribution in [0.5, 0.6) is 5.75 Å². The largest absolute Gasteiger partial charge is 2.00 e. The van der Waals surface area contributed by atoms with Crippen molar-refractivity contribution in [2.75, 3.05) is 20.8 Å². The van der Waals surface area contributed by atoms with Crippen molar-refractivity contribution >= 4 is 0 Å². The second kappa shape index (κ2) is 10.4. The number of ether oxygens (including phenoxy) is 2. The Morgan fingerprint density at radius 3 is 2.67 bits per heavy atom. The molecule has 1 rings (SSSR count). The van der Waals surface area contributed by atoms with E-state index in [4.69, 9.17) is 9.47 Å². The summed E-state index contributed by atoms with van der Waals surface area (Å²) in [6.07, 6.45) is 2.00. The average Bonchev–Trinajstić information content (AvgIpc) is 2.19. The van der Waals surface area contributed by atoms with E-state index < -0.39 is 0 Å². The van der Waals surface area contributed by atoms with Crippen LogP contribution >= 0.6 is 0 Å². The molecule has 0 aliphatic rings. The molecule has 0 bridgehead atoms. The molecular weight excluding hydrogens is 265 g/mol. The molecule has 0 radical (unpaired) electrons. The monoisotopic (exact) mass is 278 g/mol. The number of aryl methyl sites for hydroxylation is 1. The Hall–Kier alpha value is -0.107. The first-order chi connectivity index (χ1) is 6.38. The zero-order chi connectivity index (χ0) is 9.52. The third-order valence-electron chi connectivity index (χ3n) is 1.92. The Bertz CT molecular complexity index is 256. The molecule has 0 aromatic heterocycles. The van der Waals surface area contributed by atoms with Crippen LogP contribution in [-0.2, 0) is 30.6 Å². The van der Waals surface area contributed by atoms with Crippen LogP contribution in [0.4, 0.5) is 0 Å². The maximum Gasteiger partial charge on any atom is 2.00 e. The van der Waals surface area contributed by atoms with Gasteiger partial charge < -0.3 is 21.9 Å². The molecule has 1 aromatic carbocycles. The fourth-order valence-corrected chi connectivity index (χ4v) is 1.25. The summed E-state index contributed by atoms with van der Waals surface area (Å²) in [4.78, 5) is 0. The van der Waals surface area contributed by atoms with Crippen molar-refractivity contribution in [2.45, 2.75) is 12.8 Å². The minimum atomic E-state index is 0. The van der Waals surface area contributed by atoms with Gasteiger partial charge in [-0.1, -0.05) is 6.42 Å². The van der Waals surface area contributed by atoms with Crippen LogP contribution in [0.2, 0.25) is 0 Å². The second-order valence-corrected chi connectivity index (χ2v) is 2.83. The van der Waals surface area contributed by atoms with E-state index in [0.717, 1.165) is 25.2 Å². The molecule has 0 unspecified atom stereocenters. The Morgan fingerprint density at radius 2 is 2.07 bits per heavy atom. The molecule has 0 amide bonds. The fourth-order valence-electron chi connectivity index (χ4n) is 1.25. The zero-order valence-electron chi connectivity index (χ0n) is 9.25. The van der Waals surface area contributed by atoms with Gasteiger partial charge in [0.05, 0.1) is 7.11 Å². The molecule has 2 nitrogen and oxygen atoms in total. The summed E-state index contributed by atoms with van der Waals surface area (Å²) in [6.45, 7) is 0.790. The predicted octanol–water partition coefficient (Wildman–Crippen LogP) is -0.924. The molecule has 0 aliphatic carbocycles. The fraction of sp³-hybridized carbons (Fsp3) is 0.455. The third kappa shape index (κ3) is 6.14. The molecule has 0 spiro atoms. The summed E-state index contributed by atoms with van der Waals surface area (Å²) in [5.74, 6) is 0.940. The van der Waals surface area contributed by atoms with Crippen LogP contribution in [0.25, 0.3) is 0 Å². The molecule has 0 aliphatic heterocycles. The summed E-state index contributed by atoms with van der Waals surface area (Å²) < 4.78 is 10.2. The second-order valence-electron chi connectivity index (χ2n) is 2.83.